The lowest BCUT2D eigenvalue weighted by Crippen LogP contribution is -2.27. The molecule has 0 bridgehead atoms. The van der Waals surface area contributed by atoms with Crippen molar-refractivity contribution in [3.05, 3.63) is 38.7 Å². The molecule has 0 radical (unpaired) electrons. The van der Waals surface area contributed by atoms with Crippen LogP contribution in [-0.4, -0.2) is 28.2 Å². The van der Waals surface area contributed by atoms with E-state index in [-0.39, 0.29) is 5.91 Å². The van der Waals surface area contributed by atoms with Crippen LogP contribution in [0.2, 0.25) is 0 Å². The van der Waals surface area contributed by atoms with E-state index in [1.807, 2.05) is 24.3 Å². The van der Waals surface area contributed by atoms with Crippen LogP contribution in [0.15, 0.2) is 22.5 Å². The number of aromatic nitrogens is 2. The van der Waals surface area contributed by atoms with Crippen molar-refractivity contribution in [2.24, 2.45) is 0 Å². The minimum atomic E-state index is 0.0695. The summed E-state index contributed by atoms with van der Waals surface area (Å²) in [6, 6.07) is 4.15. The highest BCUT2D eigenvalue weighted by molar-refractivity contribution is 8.00. The van der Waals surface area contributed by atoms with Gasteiger partial charge in [-0.25, -0.2) is 9.97 Å². The number of nitrogens with zero attached hydrogens (tertiary/aromatic N) is 2. The Bertz CT molecular complexity index is 918. The van der Waals surface area contributed by atoms with Gasteiger partial charge in [-0.2, -0.15) is 0 Å². The van der Waals surface area contributed by atoms with E-state index in [1.54, 1.807) is 23.1 Å². The van der Waals surface area contributed by atoms with Crippen LogP contribution < -0.4 is 5.32 Å². The summed E-state index contributed by atoms with van der Waals surface area (Å²) in [5, 5.41) is 7.26. The smallest absolute Gasteiger partial charge is 0.230 e. The molecule has 136 valence electrons. The molecule has 3 aromatic heterocycles. The lowest BCUT2D eigenvalue weighted by Gasteiger charge is -2.11. The third-order valence-electron chi connectivity index (χ3n) is 4.51. The van der Waals surface area contributed by atoms with Crippen molar-refractivity contribution < 1.29 is 4.79 Å². The molecule has 4 nitrogen and oxygen atoms in total. The number of aryl methyl sites for hydroxylation is 3. The lowest BCUT2D eigenvalue weighted by molar-refractivity contribution is -0.118. The zero-order valence-electron chi connectivity index (χ0n) is 14.7. The summed E-state index contributed by atoms with van der Waals surface area (Å²) in [4.78, 5) is 25.4. The molecule has 0 spiro atoms. The van der Waals surface area contributed by atoms with Gasteiger partial charge in [-0.15, -0.1) is 22.7 Å². The van der Waals surface area contributed by atoms with E-state index in [0.29, 0.717) is 12.3 Å². The Morgan fingerprint density at radius 3 is 3.04 bits per heavy atom. The second kappa shape index (κ2) is 8.06. The number of rotatable bonds is 6. The van der Waals surface area contributed by atoms with Gasteiger partial charge in [-0.3, -0.25) is 4.79 Å². The van der Waals surface area contributed by atoms with Crippen LogP contribution in [0.3, 0.4) is 0 Å². The summed E-state index contributed by atoms with van der Waals surface area (Å²) >= 11 is 5.08. The van der Waals surface area contributed by atoms with Crippen molar-refractivity contribution in [1.82, 2.24) is 15.3 Å². The van der Waals surface area contributed by atoms with Gasteiger partial charge in [0.2, 0.25) is 5.91 Å². The van der Waals surface area contributed by atoms with Crippen LogP contribution >= 0.6 is 34.4 Å². The van der Waals surface area contributed by atoms with Crippen LogP contribution in [0.4, 0.5) is 0 Å². The fraction of sp³-hybridized carbons (Fsp3) is 0.421. The van der Waals surface area contributed by atoms with E-state index < -0.39 is 0 Å². The van der Waals surface area contributed by atoms with E-state index in [9.17, 15) is 4.79 Å². The molecule has 0 saturated heterocycles. The van der Waals surface area contributed by atoms with E-state index in [4.69, 9.17) is 0 Å². The predicted octanol–water partition coefficient (Wildman–Crippen LogP) is 4.39. The van der Waals surface area contributed by atoms with Crippen molar-refractivity contribution in [2.45, 2.75) is 44.1 Å². The van der Waals surface area contributed by atoms with Gasteiger partial charge in [-0.05, 0) is 56.0 Å². The van der Waals surface area contributed by atoms with Crippen LogP contribution in [0.1, 0.15) is 34.0 Å². The molecule has 1 aliphatic carbocycles. The Morgan fingerprint density at radius 1 is 1.31 bits per heavy atom. The molecule has 3 heterocycles. The van der Waals surface area contributed by atoms with Gasteiger partial charge in [0, 0.05) is 21.7 Å². The Balaban J connectivity index is 1.43. The summed E-state index contributed by atoms with van der Waals surface area (Å²) < 4.78 is 0. The van der Waals surface area contributed by atoms with Gasteiger partial charge in [0.15, 0.2) is 0 Å². The molecule has 1 amide bonds. The molecule has 26 heavy (non-hydrogen) atoms. The van der Waals surface area contributed by atoms with Gasteiger partial charge in [0.25, 0.3) is 0 Å². The Morgan fingerprint density at radius 2 is 2.19 bits per heavy atom. The number of amides is 1. The van der Waals surface area contributed by atoms with Crippen molar-refractivity contribution in [1.29, 1.82) is 0 Å². The van der Waals surface area contributed by atoms with Gasteiger partial charge in [0.05, 0.1) is 5.75 Å². The first-order valence-corrected chi connectivity index (χ1v) is 11.6. The zero-order valence-corrected chi connectivity index (χ0v) is 17.2. The molecule has 3 aromatic rings. The SMILES string of the molecule is Cc1nc(SCC(=O)NCCc2cccs2)c2c3c(sc2n1)CCCC3. The molecule has 0 aromatic carbocycles. The molecule has 7 heteroatoms. The van der Waals surface area contributed by atoms with E-state index in [2.05, 4.69) is 26.7 Å². The van der Waals surface area contributed by atoms with E-state index in [0.717, 1.165) is 34.9 Å². The molecule has 0 unspecified atom stereocenters. The number of thiophene rings is 2. The van der Waals surface area contributed by atoms with Crippen molar-refractivity contribution in [3.63, 3.8) is 0 Å². The number of hydrogen-bond donors (Lipinski definition) is 1. The highest BCUT2D eigenvalue weighted by Crippen LogP contribution is 2.39. The van der Waals surface area contributed by atoms with Crippen LogP contribution in [0, 0.1) is 6.92 Å². The van der Waals surface area contributed by atoms with Crippen molar-refractivity contribution in [2.75, 3.05) is 12.3 Å². The largest absolute Gasteiger partial charge is 0.355 e. The normalized spacial score (nSPS) is 13.7. The molecular weight excluding hydrogens is 382 g/mol. The molecule has 0 saturated carbocycles. The molecule has 4 rings (SSSR count). The fourth-order valence-corrected chi connectivity index (χ4v) is 6.31. The van der Waals surface area contributed by atoms with E-state index >= 15 is 0 Å². The quantitative estimate of drug-likeness (QED) is 0.490. The van der Waals surface area contributed by atoms with Gasteiger partial charge >= 0.3 is 0 Å². The maximum Gasteiger partial charge on any atom is 0.230 e. The average Bonchev–Trinajstić information content (AvgIpc) is 3.26. The molecule has 0 fully saturated rings. The molecule has 0 atom stereocenters. The monoisotopic (exact) mass is 403 g/mol. The highest BCUT2D eigenvalue weighted by Gasteiger charge is 2.21. The van der Waals surface area contributed by atoms with Gasteiger partial charge in [0.1, 0.15) is 15.7 Å². The standard InChI is InChI=1S/C19H21N3OS3/c1-12-21-18(17-14-6-2-3-7-15(14)26-19(17)22-12)25-11-16(23)20-9-8-13-5-4-10-24-13/h4-5,10H,2-3,6-9,11H2,1H3,(H,20,23). The minimum absolute atomic E-state index is 0.0695. The van der Waals surface area contributed by atoms with Crippen LogP contribution in [0.25, 0.3) is 10.2 Å². The van der Waals surface area contributed by atoms with Gasteiger partial charge < -0.3 is 5.32 Å². The Kier molecular flexibility index (Phi) is 5.57. The Hall–Kier alpha value is -1.44. The number of hydrogen-bond acceptors (Lipinski definition) is 6. The minimum Gasteiger partial charge on any atom is -0.355 e. The first kappa shape index (κ1) is 17.9. The second-order valence-corrected chi connectivity index (χ2v) is 9.51. The summed E-state index contributed by atoms with van der Waals surface area (Å²) in [6.07, 6.45) is 5.66. The topological polar surface area (TPSA) is 54.9 Å². The first-order chi connectivity index (χ1) is 12.7. The summed E-state index contributed by atoms with van der Waals surface area (Å²) in [5.41, 5.74) is 1.43. The first-order valence-electron chi connectivity index (χ1n) is 8.91. The molecule has 1 N–H and O–H groups in total. The number of nitrogens with one attached hydrogen (secondary N) is 1. The zero-order chi connectivity index (χ0) is 17.9. The van der Waals surface area contributed by atoms with E-state index in [1.165, 1.54) is 33.5 Å². The lowest BCUT2D eigenvalue weighted by atomic mass is 9.97. The third kappa shape index (κ3) is 3.94. The van der Waals surface area contributed by atoms with Crippen LogP contribution in [-0.2, 0) is 24.1 Å². The summed E-state index contributed by atoms with van der Waals surface area (Å²) in [5.74, 6) is 1.26. The van der Waals surface area contributed by atoms with Crippen molar-refractivity contribution >= 4 is 50.6 Å². The fourth-order valence-electron chi connectivity index (χ4n) is 3.29. The maximum atomic E-state index is 12.2. The number of carbonyl (C=O) groups excluding carboxylic acids is 1. The molecular formula is C19H21N3OS3. The maximum absolute atomic E-state index is 12.2. The molecule has 0 aliphatic heterocycles. The number of thioether (sulfide) groups is 1. The average molecular weight is 404 g/mol. The van der Waals surface area contributed by atoms with Crippen LogP contribution in [0.5, 0.6) is 0 Å². The third-order valence-corrected chi connectivity index (χ3v) is 7.60. The highest BCUT2D eigenvalue weighted by atomic mass is 32.2. The summed E-state index contributed by atoms with van der Waals surface area (Å²) in [6.45, 7) is 2.62. The van der Waals surface area contributed by atoms with Crippen molar-refractivity contribution in [3.8, 4) is 0 Å². The summed E-state index contributed by atoms with van der Waals surface area (Å²) in [7, 11) is 0. The number of fused-ring (bicyclic) bond motifs is 3. The number of carbonyl (C=O) groups is 1. The molecule has 1 aliphatic rings. The predicted molar refractivity (Wildman–Crippen MR) is 111 cm³/mol. The van der Waals surface area contributed by atoms with Gasteiger partial charge in [-0.1, -0.05) is 17.8 Å². The Labute approximate surface area is 165 Å². The second-order valence-electron chi connectivity index (χ2n) is 6.44.